The molecule has 0 atom stereocenters. The first-order valence-corrected chi connectivity index (χ1v) is 5.13. The molecule has 66 valence electrons. The normalized spacial score (nSPS) is 18.2. The van der Waals surface area contributed by atoms with Crippen LogP contribution >= 0.6 is 22.9 Å². The quantitative estimate of drug-likeness (QED) is 0.744. The molecule has 0 saturated carbocycles. The molecule has 0 unspecified atom stereocenters. The van der Waals surface area contributed by atoms with Crippen LogP contribution < -0.4 is 10.2 Å². The maximum atomic E-state index is 5.79. The Morgan fingerprint density at radius 2 is 2.25 bits per heavy atom. The van der Waals surface area contributed by atoms with Gasteiger partial charge in [0.25, 0.3) is 0 Å². The molecule has 0 aromatic carbocycles. The van der Waals surface area contributed by atoms with Gasteiger partial charge < -0.3 is 10.2 Å². The van der Waals surface area contributed by atoms with Gasteiger partial charge in [-0.2, -0.15) is 0 Å². The van der Waals surface area contributed by atoms with Crippen molar-refractivity contribution >= 4 is 28.1 Å². The van der Waals surface area contributed by atoms with E-state index in [4.69, 9.17) is 11.6 Å². The van der Waals surface area contributed by atoms with Crippen LogP contribution in [-0.4, -0.2) is 31.2 Å². The van der Waals surface area contributed by atoms with Crippen molar-refractivity contribution in [2.45, 2.75) is 0 Å². The molecule has 1 aromatic heterocycles. The molecule has 0 spiro atoms. The van der Waals surface area contributed by atoms with Gasteiger partial charge in [0.15, 0.2) is 5.13 Å². The van der Waals surface area contributed by atoms with E-state index in [1.165, 1.54) is 0 Å². The maximum absolute atomic E-state index is 5.79. The fraction of sp³-hybridized carbons (Fsp3) is 0.571. The fourth-order valence-corrected chi connectivity index (χ4v) is 2.20. The summed E-state index contributed by atoms with van der Waals surface area (Å²) in [6.07, 6.45) is 1.71. The van der Waals surface area contributed by atoms with Crippen LogP contribution in [0.15, 0.2) is 6.20 Å². The number of nitrogens with zero attached hydrogens (tertiary/aromatic N) is 2. The van der Waals surface area contributed by atoms with E-state index in [1.807, 2.05) is 0 Å². The van der Waals surface area contributed by atoms with Crippen LogP contribution in [0.1, 0.15) is 0 Å². The first-order chi connectivity index (χ1) is 5.86. The minimum Gasteiger partial charge on any atom is -0.346 e. The maximum Gasteiger partial charge on any atom is 0.186 e. The van der Waals surface area contributed by atoms with Gasteiger partial charge in [-0.15, -0.1) is 0 Å². The van der Waals surface area contributed by atoms with Gasteiger partial charge in [-0.05, 0) is 0 Å². The Balaban J connectivity index is 2.08. The van der Waals surface area contributed by atoms with Crippen molar-refractivity contribution in [2.24, 2.45) is 0 Å². The average molecular weight is 204 g/mol. The van der Waals surface area contributed by atoms with Crippen molar-refractivity contribution in [3.63, 3.8) is 0 Å². The Kier molecular flexibility index (Phi) is 2.48. The second-order valence-corrected chi connectivity index (χ2v) is 4.32. The standard InChI is InChI=1S/C7H10ClN3S/c8-6-5-10-7(12-6)11-3-1-9-2-4-11/h5,9H,1-4H2. The van der Waals surface area contributed by atoms with Crippen LogP contribution in [-0.2, 0) is 0 Å². The van der Waals surface area contributed by atoms with Crippen molar-refractivity contribution < 1.29 is 0 Å². The summed E-state index contributed by atoms with van der Waals surface area (Å²) in [5.41, 5.74) is 0. The van der Waals surface area contributed by atoms with E-state index in [2.05, 4.69) is 15.2 Å². The third-order valence-electron chi connectivity index (χ3n) is 1.85. The molecule has 1 saturated heterocycles. The van der Waals surface area contributed by atoms with E-state index in [-0.39, 0.29) is 0 Å². The zero-order valence-corrected chi connectivity index (χ0v) is 8.16. The zero-order chi connectivity index (χ0) is 8.39. The molecule has 1 aliphatic rings. The fourth-order valence-electron chi connectivity index (χ4n) is 1.25. The van der Waals surface area contributed by atoms with Gasteiger partial charge in [0, 0.05) is 26.2 Å². The van der Waals surface area contributed by atoms with Gasteiger partial charge >= 0.3 is 0 Å². The van der Waals surface area contributed by atoms with Crippen molar-refractivity contribution in [3.05, 3.63) is 10.5 Å². The molecule has 0 bridgehead atoms. The molecule has 1 aliphatic heterocycles. The summed E-state index contributed by atoms with van der Waals surface area (Å²) >= 11 is 7.34. The van der Waals surface area contributed by atoms with Crippen molar-refractivity contribution in [1.29, 1.82) is 0 Å². The first kappa shape index (κ1) is 8.29. The lowest BCUT2D eigenvalue weighted by Gasteiger charge is -2.26. The highest BCUT2D eigenvalue weighted by Gasteiger charge is 2.12. The minimum absolute atomic E-state index is 0.767. The van der Waals surface area contributed by atoms with Crippen molar-refractivity contribution in [2.75, 3.05) is 31.1 Å². The molecule has 1 fully saturated rings. The third kappa shape index (κ3) is 1.71. The lowest BCUT2D eigenvalue weighted by atomic mass is 10.4. The summed E-state index contributed by atoms with van der Waals surface area (Å²) < 4.78 is 0.767. The summed E-state index contributed by atoms with van der Waals surface area (Å²) in [5.74, 6) is 0. The highest BCUT2D eigenvalue weighted by Crippen LogP contribution is 2.25. The summed E-state index contributed by atoms with van der Waals surface area (Å²) in [4.78, 5) is 6.48. The summed E-state index contributed by atoms with van der Waals surface area (Å²) in [7, 11) is 0. The highest BCUT2D eigenvalue weighted by molar-refractivity contribution is 7.19. The molecule has 0 aliphatic carbocycles. The Bertz CT molecular complexity index is 257. The van der Waals surface area contributed by atoms with Crippen LogP contribution in [0, 0.1) is 0 Å². The summed E-state index contributed by atoms with van der Waals surface area (Å²) in [6.45, 7) is 4.14. The lowest BCUT2D eigenvalue weighted by molar-refractivity contribution is 0.588. The van der Waals surface area contributed by atoms with Gasteiger partial charge in [0.1, 0.15) is 4.34 Å². The van der Waals surface area contributed by atoms with Crippen LogP contribution in [0.5, 0.6) is 0 Å². The van der Waals surface area contributed by atoms with Crippen molar-refractivity contribution in [1.82, 2.24) is 10.3 Å². The topological polar surface area (TPSA) is 28.2 Å². The van der Waals surface area contributed by atoms with Crippen LogP contribution in [0.25, 0.3) is 0 Å². The molecule has 12 heavy (non-hydrogen) atoms. The molecule has 0 amide bonds. The number of rotatable bonds is 1. The summed E-state index contributed by atoms with van der Waals surface area (Å²) in [6, 6.07) is 0. The average Bonchev–Trinajstić information content (AvgIpc) is 2.54. The molecular weight excluding hydrogens is 194 g/mol. The minimum atomic E-state index is 0.767. The number of aromatic nitrogens is 1. The first-order valence-electron chi connectivity index (χ1n) is 3.93. The van der Waals surface area contributed by atoms with E-state index in [0.29, 0.717) is 0 Å². The van der Waals surface area contributed by atoms with E-state index < -0.39 is 0 Å². The van der Waals surface area contributed by atoms with E-state index in [0.717, 1.165) is 35.6 Å². The smallest absolute Gasteiger partial charge is 0.186 e. The molecule has 3 nitrogen and oxygen atoms in total. The lowest BCUT2D eigenvalue weighted by Crippen LogP contribution is -2.43. The molecule has 2 heterocycles. The van der Waals surface area contributed by atoms with E-state index in [1.54, 1.807) is 17.5 Å². The molecule has 5 heteroatoms. The second kappa shape index (κ2) is 3.60. The zero-order valence-electron chi connectivity index (χ0n) is 6.59. The van der Waals surface area contributed by atoms with E-state index in [9.17, 15) is 0 Å². The summed E-state index contributed by atoms with van der Waals surface area (Å²) in [5, 5.41) is 4.34. The van der Waals surface area contributed by atoms with E-state index >= 15 is 0 Å². The van der Waals surface area contributed by atoms with Gasteiger partial charge in [0.2, 0.25) is 0 Å². The third-order valence-corrected chi connectivity index (χ3v) is 3.03. The Labute approximate surface area is 80.4 Å². The number of anilines is 1. The molecular formula is C7H10ClN3S. The van der Waals surface area contributed by atoms with Gasteiger partial charge in [-0.1, -0.05) is 22.9 Å². The van der Waals surface area contributed by atoms with Gasteiger partial charge in [0.05, 0.1) is 6.20 Å². The van der Waals surface area contributed by atoms with Crippen LogP contribution in [0.4, 0.5) is 5.13 Å². The van der Waals surface area contributed by atoms with Crippen LogP contribution in [0.2, 0.25) is 4.34 Å². The SMILES string of the molecule is Clc1cnc(N2CCNCC2)s1. The number of thiazole rings is 1. The van der Waals surface area contributed by atoms with Gasteiger partial charge in [-0.25, -0.2) is 4.98 Å². The molecule has 1 N–H and O–H groups in total. The molecule has 2 rings (SSSR count). The molecule has 1 aromatic rings. The number of piperazine rings is 1. The largest absolute Gasteiger partial charge is 0.346 e. The predicted molar refractivity (Wildman–Crippen MR) is 52.2 cm³/mol. The monoisotopic (exact) mass is 203 g/mol. The highest BCUT2D eigenvalue weighted by atomic mass is 35.5. The Hall–Kier alpha value is -0.320. The number of nitrogens with one attached hydrogen (secondary N) is 1. The second-order valence-electron chi connectivity index (χ2n) is 2.68. The molecule has 0 radical (unpaired) electrons. The van der Waals surface area contributed by atoms with Crippen molar-refractivity contribution in [3.8, 4) is 0 Å². The van der Waals surface area contributed by atoms with Gasteiger partial charge in [-0.3, -0.25) is 0 Å². The number of halogens is 1. The Morgan fingerprint density at radius 1 is 1.50 bits per heavy atom. The predicted octanol–water partition coefficient (Wildman–Crippen LogP) is 1.21. The Morgan fingerprint density at radius 3 is 2.83 bits per heavy atom. The number of hydrogen-bond donors (Lipinski definition) is 1. The van der Waals surface area contributed by atoms with Crippen LogP contribution in [0.3, 0.4) is 0 Å². The number of hydrogen-bond acceptors (Lipinski definition) is 4.